The van der Waals surface area contributed by atoms with Gasteiger partial charge < -0.3 is 14.7 Å². The molecule has 0 spiro atoms. The highest BCUT2D eigenvalue weighted by atomic mass is 79.9. The first kappa shape index (κ1) is 16.1. The van der Waals surface area contributed by atoms with Crippen LogP contribution in [-0.2, 0) is 4.74 Å². The molecule has 0 bridgehead atoms. The molecule has 0 saturated carbocycles. The first-order valence-electron chi connectivity index (χ1n) is 6.47. The number of ether oxygens (including phenoxy) is 1. The van der Waals surface area contributed by atoms with Crippen LogP contribution < -0.4 is 4.90 Å². The van der Waals surface area contributed by atoms with Crippen LogP contribution in [0.25, 0.3) is 0 Å². The zero-order chi connectivity index (χ0) is 15.6. The van der Waals surface area contributed by atoms with Crippen molar-refractivity contribution in [2.75, 3.05) is 31.7 Å². The predicted molar refractivity (Wildman–Crippen MR) is 79.0 cm³/mol. The lowest BCUT2D eigenvalue weighted by molar-refractivity contribution is -0.384. The number of hydrogen-bond acceptors (Lipinski definition) is 5. The van der Waals surface area contributed by atoms with Crippen molar-refractivity contribution in [1.29, 1.82) is 0 Å². The van der Waals surface area contributed by atoms with Gasteiger partial charge in [0.2, 0.25) is 0 Å². The molecule has 1 aliphatic heterocycles. The Kier molecular flexibility index (Phi) is 4.80. The van der Waals surface area contributed by atoms with Gasteiger partial charge >= 0.3 is 0 Å². The Hall–Kier alpha value is -1.25. The van der Waals surface area contributed by atoms with Gasteiger partial charge in [0.05, 0.1) is 21.1 Å². The van der Waals surface area contributed by atoms with Gasteiger partial charge in [0.1, 0.15) is 11.5 Å². The SMILES string of the molecule is CN(CC1(O)CCOCC1)c1cc(Br)c(F)cc1[N+](=O)[O-]. The number of nitro benzene ring substituents is 1. The van der Waals surface area contributed by atoms with Crippen LogP contribution in [0.2, 0.25) is 0 Å². The molecule has 0 unspecified atom stereocenters. The normalized spacial score (nSPS) is 17.5. The average Bonchev–Trinajstić information content (AvgIpc) is 2.41. The Morgan fingerprint density at radius 2 is 2.14 bits per heavy atom. The number of anilines is 1. The number of aliphatic hydroxyl groups is 1. The summed E-state index contributed by atoms with van der Waals surface area (Å²) in [6.07, 6.45) is 0.932. The van der Waals surface area contributed by atoms with Crippen LogP contribution in [-0.4, -0.2) is 42.4 Å². The molecule has 1 aromatic rings. The molecular weight excluding hydrogens is 347 g/mol. The molecule has 1 heterocycles. The van der Waals surface area contributed by atoms with Gasteiger partial charge in [-0.15, -0.1) is 0 Å². The summed E-state index contributed by atoms with van der Waals surface area (Å²) < 4.78 is 18.8. The highest BCUT2D eigenvalue weighted by Gasteiger charge is 2.33. The van der Waals surface area contributed by atoms with E-state index in [1.807, 2.05) is 0 Å². The second-order valence-electron chi connectivity index (χ2n) is 5.20. The number of nitro groups is 1. The lowest BCUT2D eigenvalue weighted by Crippen LogP contribution is -2.45. The van der Waals surface area contributed by atoms with Gasteiger partial charge in [-0.3, -0.25) is 10.1 Å². The summed E-state index contributed by atoms with van der Waals surface area (Å²) in [5.41, 5.74) is -1.02. The number of rotatable bonds is 4. The summed E-state index contributed by atoms with van der Waals surface area (Å²) >= 11 is 3.03. The fraction of sp³-hybridized carbons (Fsp3) is 0.538. The van der Waals surface area contributed by atoms with Crippen LogP contribution in [0.5, 0.6) is 0 Å². The summed E-state index contributed by atoms with van der Waals surface area (Å²) in [7, 11) is 1.64. The molecule has 21 heavy (non-hydrogen) atoms. The van der Waals surface area contributed by atoms with E-state index in [1.165, 1.54) is 6.07 Å². The molecular formula is C13H16BrFN2O4. The summed E-state index contributed by atoms with van der Waals surface area (Å²) in [6, 6.07) is 2.24. The molecule has 1 aromatic carbocycles. The zero-order valence-corrected chi connectivity index (χ0v) is 13.1. The monoisotopic (exact) mass is 362 g/mol. The third-order valence-corrected chi connectivity index (χ3v) is 4.19. The van der Waals surface area contributed by atoms with Crippen molar-refractivity contribution in [2.24, 2.45) is 0 Å². The Bertz CT molecular complexity index is 549. The second kappa shape index (κ2) is 6.25. The van der Waals surface area contributed by atoms with Crippen molar-refractivity contribution in [3.05, 3.63) is 32.5 Å². The van der Waals surface area contributed by atoms with E-state index in [9.17, 15) is 19.6 Å². The number of nitrogens with zero attached hydrogens (tertiary/aromatic N) is 2. The first-order chi connectivity index (χ1) is 9.82. The molecule has 8 heteroatoms. The molecule has 0 radical (unpaired) electrons. The Morgan fingerprint density at radius 1 is 1.52 bits per heavy atom. The van der Waals surface area contributed by atoms with Crippen molar-refractivity contribution in [1.82, 2.24) is 0 Å². The highest BCUT2D eigenvalue weighted by molar-refractivity contribution is 9.10. The van der Waals surface area contributed by atoms with Crippen LogP contribution in [0.3, 0.4) is 0 Å². The minimum atomic E-state index is -0.957. The van der Waals surface area contributed by atoms with Crippen molar-refractivity contribution in [3.8, 4) is 0 Å². The zero-order valence-electron chi connectivity index (χ0n) is 11.5. The number of likely N-dealkylation sites (N-methyl/N-ethyl adjacent to an activating group) is 1. The van der Waals surface area contributed by atoms with E-state index in [2.05, 4.69) is 15.9 Å². The molecule has 1 N–H and O–H groups in total. The molecule has 0 amide bonds. The first-order valence-corrected chi connectivity index (χ1v) is 7.26. The van der Waals surface area contributed by atoms with Crippen LogP contribution in [0.1, 0.15) is 12.8 Å². The van der Waals surface area contributed by atoms with Gasteiger partial charge in [0, 0.05) is 39.6 Å². The van der Waals surface area contributed by atoms with Gasteiger partial charge in [0.15, 0.2) is 0 Å². The maximum absolute atomic E-state index is 13.5. The number of benzene rings is 1. The maximum Gasteiger partial charge on any atom is 0.295 e. The van der Waals surface area contributed by atoms with Gasteiger partial charge in [-0.2, -0.15) is 0 Å². The number of hydrogen-bond donors (Lipinski definition) is 1. The van der Waals surface area contributed by atoms with E-state index in [-0.39, 0.29) is 22.4 Å². The second-order valence-corrected chi connectivity index (χ2v) is 6.06. The quantitative estimate of drug-likeness (QED) is 0.657. The molecule has 0 aliphatic carbocycles. The van der Waals surface area contributed by atoms with Gasteiger partial charge in [0.25, 0.3) is 5.69 Å². The van der Waals surface area contributed by atoms with Gasteiger partial charge in [-0.05, 0) is 22.0 Å². The minimum absolute atomic E-state index is 0.147. The molecule has 1 fully saturated rings. The van der Waals surface area contributed by atoms with Gasteiger partial charge in [-0.25, -0.2) is 4.39 Å². The van der Waals surface area contributed by atoms with E-state index in [4.69, 9.17) is 4.74 Å². The summed E-state index contributed by atoms with van der Waals surface area (Å²) in [5, 5.41) is 21.6. The molecule has 2 rings (SSSR count). The Morgan fingerprint density at radius 3 is 2.71 bits per heavy atom. The molecule has 0 atom stereocenters. The van der Waals surface area contributed by atoms with E-state index in [0.717, 1.165) is 6.07 Å². The fourth-order valence-electron chi connectivity index (χ4n) is 2.41. The summed E-state index contributed by atoms with van der Waals surface area (Å²) in [5.74, 6) is -0.691. The van der Waals surface area contributed by atoms with Crippen molar-refractivity contribution in [3.63, 3.8) is 0 Å². The Balaban J connectivity index is 2.27. The number of halogens is 2. The van der Waals surface area contributed by atoms with E-state index in [1.54, 1.807) is 11.9 Å². The lowest BCUT2D eigenvalue weighted by atomic mass is 9.93. The molecule has 0 aromatic heterocycles. The van der Waals surface area contributed by atoms with E-state index < -0.39 is 16.3 Å². The van der Waals surface area contributed by atoms with Crippen LogP contribution >= 0.6 is 15.9 Å². The standard InChI is InChI=1S/C13H16BrFN2O4/c1-16(8-13(18)2-4-21-5-3-13)11-6-9(14)10(15)7-12(11)17(19)20/h6-7,18H,2-5,8H2,1H3. The summed E-state index contributed by atoms with van der Waals surface area (Å²) in [6.45, 7) is 1.13. The topological polar surface area (TPSA) is 75.8 Å². The highest BCUT2D eigenvalue weighted by Crippen LogP contribution is 2.34. The molecule has 1 aliphatic rings. The summed E-state index contributed by atoms with van der Waals surface area (Å²) in [4.78, 5) is 12.0. The van der Waals surface area contributed by atoms with E-state index in [0.29, 0.717) is 26.1 Å². The fourth-order valence-corrected chi connectivity index (χ4v) is 2.75. The lowest BCUT2D eigenvalue weighted by Gasteiger charge is -2.36. The van der Waals surface area contributed by atoms with Crippen molar-refractivity contribution >= 4 is 27.3 Å². The molecule has 1 saturated heterocycles. The Labute approximate surface area is 129 Å². The maximum atomic E-state index is 13.5. The van der Waals surface area contributed by atoms with Crippen LogP contribution in [0, 0.1) is 15.9 Å². The smallest absolute Gasteiger partial charge is 0.295 e. The largest absolute Gasteiger partial charge is 0.388 e. The van der Waals surface area contributed by atoms with Crippen molar-refractivity contribution < 1.29 is 19.2 Å². The third-order valence-electron chi connectivity index (χ3n) is 3.58. The van der Waals surface area contributed by atoms with Crippen LogP contribution in [0.4, 0.5) is 15.8 Å². The van der Waals surface area contributed by atoms with E-state index >= 15 is 0 Å². The van der Waals surface area contributed by atoms with Crippen molar-refractivity contribution in [2.45, 2.75) is 18.4 Å². The van der Waals surface area contributed by atoms with Crippen LogP contribution in [0.15, 0.2) is 16.6 Å². The predicted octanol–water partition coefficient (Wildman–Crippen LogP) is 2.47. The minimum Gasteiger partial charge on any atom is -0.388 e. The average molecular weight is 363 g/mol. The third kappa shape index (κ3) is 3.69. The van der Waals surface area contributed by atoms with Gasteiger partial charge in [-0.1, -0.05) is 0 Å². The molecule has 6 nitrogen and oxygen atoms in total. The molecule has 116 valence electrons.